The second-order valence-corrected chi connectivity index (χ2v) is 9.69. The van der Waals surface area contributed by atoms with E-state index in [0.717, 1.165) is 57.4 Å². The third-order valence-corrected chi connectivity index (χ3v) is 7.48. The van der Waals surface area contributed by atoms with Gasteiger partial charge < -0.3 is 15.3 Å². The molecule has 33 heavy (non-hydrogen) atoms. The van der Waals surface area contributed by atoms with E-state index >= 15 is 0 Å². The SMILES string of the molecule is CNCC(CCCN1CCC(O)(c2ccc(C)cc2)CC1)(c1ccccc1)c1ccccc1. The molecule has 4 rings (SSSR count). The zero-order valence-electron chi connectivity index (χ0n) is 20.1. The highest BCUT2D eigenvalue weighted by Gasteiger charge is 2.35. The Kier molecular flexibility index (Phi) is 7.64. The van der Waals surface area contributed by atoms with Gasteiger partial charge in [0.05, 0.1) is 5.60 Å². The molecule has 1 fully saturated rings. The van der Waals surface area contributed by atoms with E-state index in [1.54, 1.807) is 0 Å². The predicted molar refractivity (Wildman–Crippen MR) is 138 cm³/mol. The number of nitrogens with zero attached hydrogens (tertiary/aromatic N) is 1. The summed E-state index contributed by atoms with van der Waals surface area (Å²) in [5.74, 6) is 0. The number of likely N-dealkylation sites (tertiary alicyclic amines) is 1. The number of likely N-dealkylation sites (N-methyl/N-ethyl adjacent to an activating group) is 1. The van der Waals surface area contributed by atoms with E-state index in [4.69, 9.17) is 0 Å². The Labute approximate surface area is 199 Å². The Morgan fingerprint density at radius 1 is 0.848 bits per heavy atom. The maximum absolute atomic E-state index is 11.2. The summed E-state index contributed by atoms with van der Waals surface area (Å²) in [5, 5.41) is 14.7. The molecule has 0 bridgehead atoms. The number of hydrogen-bond donors (Lipinski definition) is 2. The van der Waals surface area contributed by atoms with Gasteiger partial charge in [-0.05, 0) is 62.9 Å². The van der Waals surface area contributed by atoms with Crippen molar-refractivity contribution in [2.75, 3.05) is 33.2 Å². The van der Waals surface area contributed by atoms with Crippen LogP contribution in [-0.4, -0.2) is 43.2 Å². The molecule has 0 atom stereocenters. The van der Waals surface area contributed by atoms with Crippen LogP contribution in [0.2, 0.25) is 0 Å². The summed E-state index contributed by atoms with van der Waals surface area (Å²) >= 11 is 0. The van der Waals surface area contributed by atoms with Gasteiger partial charge in [-0.1, -0.05) is 90.5 Å². The predicted octanol–water partition coefficient (Wildman–Crippen LogP) is 5.26. The summed E-state index contributed by atoms with van der Waals surface area (Å²) in [5.41, 5.74) is 4.32. The zero-order valence-corrected chi connectivity index (χ0v) is 20.1. The highest BCUT2D eigenvalue weighted by atomic mass is 16.3. The maximum atomic E-state index is 11.2. The molecule has 0 radical (unpaired) electrons. The standard InChI is InChI=1S/C30H38N2O/c1-25-14-16-28(17-15-25)30(33)19-22-32(23-20-30)21-9-18-29(24-31-2,26-10-5-3-6-11-26)27-12-7-4-8-13-27/h3-8,10-17,31,33H,9,18-24H2,1-2H3. The number of piperidine rings is 1. The van der Waals surface area contributed by atoms with Gasteiger partial charge in [0.1, 0.15) is 0 Å². The average Bonchev–Trinajstić information content (AvgIpc) is 2.86. The molecular formula is C30H38N2O. The Balaban J connectivity index is 1.43. The van der Waals surface area contributed by atoms with Crippen molar-refractivity contribution in [1.82, 2.24) is 10.2 Å². The van der Waals surface area contributed by atoms with Crippen molar-refractivity contribution in [1.29, 1.82) is 0 Å². The average molecular weight is 443 g/mol. The fourth-order valence-corrected chi connectivity index (χ4v) is 5.47. The Morgan fingerprint density at radius 2 is 1.39 bits per heavy atom. The topological polar surface area (TPSA) is 35.5 Å². The number of aryl methyl sites for hydroxylation is 1. The van der Waals surface area contributed by atoms with Crippen LogP contribution in [0, 0.1) is 6.92 Å². The maximum Gasteiger partial charge on any atom is 0.0920 e. The van der Waals surface area contributed by atoms with Gasteiger partial charge in [0, 0.05) is 25.0 Å². The van der Waals surface area contributed by atoms with Gasteiger partial charge in [-0.25, -0.2) is 0 Å². The summed E-state index contributed by atoms with van der Waals surface area (Å²) in [6, 6.07) is 30.3. The van der Waals surface area contributed by atoms with Crippen molar-refractivity contribution in [3.63, 3.8) is 0 Å². The van der Waals surface area contributed by atoms with Crippen LogP contribution in [0.15, 0.2) is 84.9 Å². The minimum absolute atomic E-state index is 0.0459. The molecule has 1 saturated heterocycles. The van der Waals surface area contributed by atoms with E-state index in [2.05, 4.69) is 109 Å². The van der Waals surface area contributed by atoms with Crippen LogP contribution >= 0.6 is 0 Å². The highest BCUT2D eigenvalue weighted by Crippen LogP contribution is 2.37. The molecule has 174 valence electrons. The number of hydrogen-bond acceptors (Lipinski definition) is 3. The van der Waals surface area contributed by atoms with Crippen molar-refractivity contribution >= 4 is 0 Å². The van der Waals surface area contributed by atoms with Crippen molar-refractivity contribution < 1.29 is 5.11 Å². The fourth-order valence-electron chi connectivity index (χ4n) is 5.47. The minimum Gasteiger partial charge on any atom is -0.385 e. The molecule has 3 heteroatoms. The molecule has 0 spiro atoms. The fraction of sp³-hybridized carbons (Fsp3) is 0.400. The van der Waals surface area contributed by atoms with Crippen molar-refractivity contribution in [3.05, 3.63) is 107 Å². The van der Waals surface area contributed by atoms with Gasteiger partial charge in [0.15, 0.2) is 0 Å². The smallest absolute Gasteiger partial charge is 0.0920 e. The lowest BCUT2D eigenvalue weighted by atomic mass is 9.71. The van der Waals surface area contributed by atoms with Crippen molar-refractivity contribution in [2.45, 2.75) is 43.6 Å². The molecule has 0 unspecified atom stereocenters. The van der Waals surface area contributed by atoms with Gasteiger partial charge in [-0.2, -0.15) is 0 Å². The van der Waals surface area contributed by atoms with E-state index < -0.39 is 5.60 Å². The van der Waals surface area contributed by atoms with Gasteiger partial charge in [0.25, 0.3) is 0 Å². The van der Waals surface area contributed by atoms with Crippen LogP contribution in [0.3, 0.4) is 0 Å². The largest absolute Gasteiger partial charge is 0.385 e. The van der Waals surface area contributed by atoms with Crippen LogP contribution in [-0.2, 0) is 11.0 Å². The monoisotopic (exact) mass is 442 g/mol. The van der Waals surface area contributed by atoms with Crippen molar-refractivity contribution in [2.24, 2.45) is 0 Å². The van der Waals surface area contributed by atoms with Crippen LogP contribution in [0.25, 0.3) is 0 Å². The molecule has 0 aliphatic carbocycles. The second-order valence-electron chi connectivity index (χ2n) is 9.69. The van der Waals surface area contributed by atoms with E-state index in [-0.39, 0.29) is 5.41 Å². The summed E-state index contributed by atoms with van der Waals surface area (Å²) in [6.45, 7) is 5.96. The van der Waals surface area contributed by atoms with E-state index in [1.807, 2.05) is 0 Å². The molecule has 0 aromatic heterocycles. The lowest BCUT2D eigenvalue weighted by Gasteiger charge is -2.40. The molecule has 1 heterocycles. The molecular weight excluding hydrogens is 404 g/mol. The van der Waals surface area contributed by atoms with Crippen LogP contribution in [0.1, 0.15) is 47.9 Å². The molecule has 3 aromatic rings. The van der Waals surface area contributed by atoms with Gasteiger partial charge >= 0.3 is 0 Å². The van der Waals surface area contributed by atoms with Crippen LogP contribution in [0.4, 0.5) is 0 Å². The minimum atomic E-state index is -0.686. The Morgan fingerprint density at radius 3 is 1.91 bits per heavy atom. The van der Waals surface area contributed by atoms with Crippen LogP contribution in [0.5, 0.6) is 0 Å². The number of rotatable bonds is 9. The summed E-state index contributed by atoms with van der Waals surface area (Å²) in [4.78, 5) is 2.53. The van der Waals surface area contributed by atoms with E-state index in [9.17, 15) is 5.11 Å². The molecule has 0 amide bonds. The number of benzene rings is 3. The first-order valence-corrected chi connectivity index (χ1v) is 12.3. The van der Waals surface area contributed by atoms with Gasteiger partial charge in [-0.15, -0.1) is 0 Å². The Bertz CT molecular complexity index is 937. The third-order valence-electron chi connectivity index (χ3n) is 7.48. The molecule has 2 N–H and O–H groups in total. The lowest BCUT2D eigenvalue weighted by molar-refractivity contribution is -0.0262. The van der Waals surface area contributed by atoms with Gasteiger partial charge in [-0.3, -0.25) is 0 Å². The second kappa shape index (κ2) is 10.6. The first kappa shape index (κ1) is 23.7. The summed E-state index contributed by atoms with van der Waals surface area (Å²) in [7, 11) is 2.05. The normalized spacial score (nSPS) is 16.6. The zero-order chi connectivity index (χ0) is 23.2. The number of aliphatic hydroxyl groups is 1. The third kappa shape index (κ3) is 5.38. The first-order valence-electron chi connectivity index (χ1n) is 12.3. The van der Waals surface area contributed by atoms with E-state index in [1.165, 1.54) is 16.7 Å². The summed E-state index contributed by atoms with van der Waals surface area (Å²) in [6.07, 6.45) is 3.80. The quantitative estimate of drug-likeness (QED) is 0.474. The highest BCUT2D eigenvalue weighted by molar-refractivity contribution is 5.40. The van der Waals surface area contributed by atoms with Crippen LogP contribution < -0.4 is 5.32 Å². The van der Waals surface area contributed by atoms with Gasteiger partial charge in [0.2, 0.25) is 0 Å². The molecule has 3 nitrogen and oxygen atoms in total. The Hall–Kier alpha value is -2.46. The van der Waals surface area contributed by atoms with E-state index in [0.29, 0.717) is 0 Å². The molecule has 1 aliphatic rings. The van der Waals surface area contributed by atoms with Crippen molar-refractivity contribution in [3.8, 4) is 0 Å². The molecule has 3 aromatic carbocycles. The first-order chi connectivity index (χ1) is 16.1. The lowest BCUT2D eigenvalue weighted by Crippen LogP contribution is -2.43. The summed E-state index contributed by atoms with van der Waals surface area (Å²) < 4.78 is 0. The molecule has 1 aliphatic heterocycles. The number of nitrogens with one attached hydrogen (secondary N) is 1. The molecule has 0 saturated carbocycles.